The van der Waals surface area contributed by atoms with Crippen molar-refractivity contribution in [2.24, 2.45) is 5.92 Å². The molecule has 3 fully saturated rings. The molecule has 0 spiro atoms. The summed E-state index contributed by atoms with van der Waals surface area (Å²) in [4.78, 5) is 5.35. The lowest BCUT2D eigenvalue weighted by Crippen LogP contribution is -2.47. The zero-order chi connectivity index (χ0) is 12.9. The van der Waals surface area contributed by atoms with Gasteiger partial charge in [-0.2, -0.15) is 0 Å². The molecule has 3 rings (SSSR count). The molecule has 2 saturated carbocycles. The molecular formula is C16H31N3. The summed E-state index contributed by atoms with van der Waals surface area (Å²) in [7, 11) is 0. The van der Waals surface area contributed by atoms with Crippen LogP contribution in [0.1, 0.15) is 44.9 Å². The minimum atomic E-state index is 0.843. The predicted molar refractivity (Wildman–Crippen MR) is 80.5 cm³/mol. The van der Waals surface area contributed by atoms with Crippen molar-refractivity contribution in [3.63, 3.8) is 0 Å². The van der Waals surface area contributed by atoms with Gasteiger partial charge in [0.15, 0.2) is 0 Å². The highest BCUT2D eigenvalue weighted by atomic mass is 15.3. The Kier molecular flexibility index (Phi) is 5.14. The fourth-order valence-corrected chi connectivity index (χ4v) is 3.60. The van der Waals surface area contributed by atoms with Gasteiger partial charge >= 0.3 is 0 Å². The van der Waals surface area contributed by atoms with Crippen LogP contribution in [0.2, 0.25) is 0 Å². The van der Waals surface area contributed by atoms with Gasteiger partial charge in [0.25, 0.3) is 0 Å². The summed E-state index contributed by atoms with van der Waals surface area (Å²) in [5.74, 6) is 1.06. The third-order valence-electron chi connectivity index (χ3n) is 5.12. The monoisotopic (exact) mass is 265 g/mol. The second-order valence-corrected chi connectivity index (χ2v) is 6.87. The molecule has 0 aromatic heterocycles. The van der Waals surface area contributed by atoms with E-state index in [0.717, 1.165) is 12.0 Å². The smallest absolute Gasteiger partial charge is 0.0110 e. The molecule has 110 valence electrons. The average molecular weight is 265 g/mol. The Morgan fingerprint density at radius 2 is 1.53 bits per heavy atom. The second-order valence-electron chi connectivity index (χ2n) is 6.87. The van der Waals surface area contributed by atoms with E-state index in [1.165, 1.54) is 90.8 Å². The average Bonchev–Trinajstić information content (AvgIpc) is 3.09. The molecule has 3 aliphatic rings. The highest BCUT2D eigenvalue weighted by Crippen LogP contribution is 2.29. The molecule has 3 nitrogen and oxygen atoms in total. The first-order valence-electron chi connectivity index (χ1n) is 8.58. The van der Waals surface area contributed by atoms with Gasteiger partial charge in [0.05, 0.1) is 0 Å². The van der Waals surface area contributed by atoms with Gasteiger partial charge in [-0.1, -0.05) is 12.8 Å². The number of hydrogen-bond acceptors (Lipinski definition) is 3. The molecule has 1 heterocycles. The highest BCUT2D eigenvalue weighted by Gasteiger charge is 2.26. The van der Waals surface area contributed by atoms with Gasteiger partial charge in [-0.25, -0.2) is 0 Å². The van der Waals surface area contributed by atoms with Crippen LogP contribution in [0.25, 0.3) is 0 Å². The van der Waals surface area contributed by atoms with Crippen molar-refractivity contribution in [3.05, 3.63) is 0 Å². The van der Waals surface area contributed by atoms with Gasteiger partial charge in [0.2, 0.25) is 0 Å². The number of nitrogens with zero attached hydrogens (tertiary/aromatic N) is 2. The van der Waals surface area contributed by atoms with Crippen LogP contribution < -0.4 is 5.32 Å². The van der Waals surface area contributed by atoms with Crippen LogP contribution in [0, 0.1) is 5.92 Å². The largest absolute Gasteiger partial charge is 0.314 e. The number of piperazine rings is 1. The molecule has 3 heteroatoms. The van der Waals surface area contributed by atoms with E-state index >= 15 is 0 Å². The maximum atomic E-state index is 3.73. The first-order valence-corrected chi connectivity index (χ1v) is 8.58. The molecule has 0 bridgehead atoms. The van der Waals surface area contributed by atoms with E-state index in [1.54, 1.807) is 0 Å². The lowest BCUT2D eigenvalue weighted by Gasteiger charge is -2.34. The predicted octanol–water partition coefficient (Wildman–Crippen LogP) is 1.94. The zero-order valence-corrected chi connectivity index (χ0v) is 12.4. The molecule has 1 saturated heterocycles. The van der Waals surface area contributed by atoms with Crippen molar-refractivity contribution in [1.29, 1.82) is 0 Å². The summed E-state index contributed by atoms with van der Waals surface area (Å²) in [5.41, 5.74) is 0. The Morgan fingerprint density at radius 3 is 2.21 bits per heavy atom. The number of hydrogen-bond donors (Lipinski definition) is 1. The summed E-state index contributed by atoms with van der Waals surface area (Å²) >= 11 is 0. The van der Waals surface area contributed by atoms with Gasteiger partial charge in [0.1, 0.15) is 0 Å². The van der Waals surface area contributed by atoms with Crippen molar-refractivity contribution in [1.82, 2.24) is 15.1 Å². The van der Waals surface area contributed by atoms with Gasteiger partial charge in [-0.3, -0.25) is 0 Å². The van der Waals surface area contributed by atoms with Crippen LogP contribution in [0.3, 0.4) is 0 Å². The van der Waals surface area contributed by atoms with E-state index in [0.29, 0.717) is 0 Å². The third kappa shape index (κ3) is 4.73. The molecule has 0 unspecified atom stereocenters. The first-order chi connectivity index (χ1) is 9.40. The van der Waals surface area contributed by atoms with Gasteiger partial charge < -0.3 is 15.1 Å². The van der Waals surface area contributed by atoms with Crippen LogP contribution in [0.4, 0.5) is 0 Å². The molecule has 1 aliphatic heterocycles. The van der Waals surface area contributed by atoms with Gasteiger partial charge in [0, 0.05) is 38.8 Å². The summed E-state index contributed by atoms with van der Waals surface area (Å²) in [6, 6.07) is 0.843. The maximum absolute atomic E-state index is 3.73. The van der Waals surface area contributed by atoms with Crippen molar-refractivity contribution < 1.29 is 0 Å². The van der Waals surface area contributed by atoms with Crippen LogP contribution in [0.15, 0.2) is 0 Å². The Labute approximate surface area is 118 Å². The van der Waals surface area contributed by atoms with E-state index in [4.69, 9.17) is 0 Å². The molecule has 0 aromatic rings. The minimum absolute atomic E-state index is 0.843. The Bertz CT molecular complexity index is 251. The zero-order valence-electron chi connectivity index (χ0n) is 12.4. The summed E-state index contributed by atoms with van der Waals surface area (Å²) in [5, 5.41) is 3.73. The van der Waals surface area contributed by atoms with Gasteiger partial charge in [-0.05, 0) is 51.1 Å². The molecular weight excluding hydrogens is 234 g/mol. The molecule has 1 N–H and O–H groups in total. The molecule has 2 aliphatic carbocycles. The fraction of sp³-hybridized carbons (Fsp3) is 1.00. The Balaban J connectivity index is 1.21. The van der Waals surface area contributed by atoms with E-state index in [9.17, 15) is 0 Å². The fourth-order valence-electron chi connectivity index (χ4n) is 3.60. The highest BCUT2D eigenvalue weighted by molar-refractivity contribution is 4.80. The van der Waals surface area contributed by atoms with E-state index in [1.807, 2.05) is 0 Å². The van der Waals surface area contributed by atoms with Crippen LogP contribution in [0.5, 0.6) is 0 Å². The number of rotatable bonds is 7. The van der Waals surface area contributed by atoms with Crippen LogP contribution in [-0.4, -0.2) is 61.7 Å². The Hall–Kier alpha value is -0.120. The minimum Gasteiger partial charge on any atom is -0.314 e. The normalized spacial score (nSPS) is 27.2. The van der Waals surface area contributed by atoms with E-state index in [-0.39, 0.29) is 0 Å². The van der Waals surface area contributed by atoms with E-state index < -0.39 is 0 Å². The molecule has 19 heavy (non-hydrogen) atoms. The molecule has 0 aromatic carbocycles. The van der Waals surface area contributed by atoms with Crippen molar-refractivity contribution in [3.8, 4) is 0 Å². The van der Waals surface area contributed by atoms with Crippen LogP contribution in [-0.2, 0) is 0 Å². The molecule has 0 atom stereocenters. The second kappa shape index (κ2) is 7.05. The molecule has 0 radical (unpaired) electrons. The van der Waals surface area contributed by atoms with E-state index in [2.05, 4.69) is 15.1 Å². The van der Waals surface area contributed by atoms with Crippen LogP contribution >= 0.6 is 0 Å². The molecule has 0 amide bonds. The van der Waals surface area contributed by atoms with Crippen molar-refractivity contribution in [2.45, 2.75) is 51.0 Å². The summed E-state index contributed by atoms with van der Waals surface area (Å²) in [6.07, 6.45) is 10.0. The Morgan fingerprint density at radius 1 is 0.842 bits per heavy atom. The first kappa shape index (κ1) is 13.8. The SMILES string of the molecule is C1CCC(NCCCN2CCN(CC3CC3)CC2)C1. The topological polar surface area (TPSA) is 18.5 Å². The number of nitrogens with one attached hydrogen (secondary N) is 1. The summed E-state index contributed by atoms with van der Waals surface area (Å²) < 4.78 is 0. The quantitative estimate of drug-likeness (QED) is 0.710. The lowest BCUT2D eigenvalue weighted by atomic mass is 10.2. The summed E-state index contributed by atoms with van der Waals surface area (Å²) in [6.45, 7) is 9.15. The van der Waals surface area contributed by atoms with Crippen molar-refractivity contribution in [2.75, 3.05) is 45.8 Å². The van der Waals surface area contributed by atoms with Crippen molar-refractivity contribution >= 4 is 0 Å². The standard InChI is InChI=1S/C16H31N3/c1-2-5-16(4-1)17-8-3-9-18-10-12-19(13-11-18)14-15-6-7-15/h15-17H,1-14H2. The van der Waals surface area contributed by atoms with Gasteiger partial charge in [-0.15, -0.1) is 0 Å². The lowest BCUT2D eigenvalue weighted by molar-refractivity contribution is 0.127. The maximum Gasteiger partial charge on any atom is 0.0110 e. The third-order valence-corrected chi connectivity index (χ3v) is 5.12.